The van der Waals surface area contributed by atoms with Crippen molar-refractivity contribution in [1.29, 1.82) is 0 Å². The zero-order chi connectivity index (χ0) is 27.0. The van der Waals surface area contributed by atoms with Gasteiger partial charge in [-0.1, -0.05) is 55.3 Å². The van der Waals surface area contributed by atoms with E-state index in [2.05, 4.69) is 33.1 Å². The molecular weight excluding hydrogens is 502 g/mol. The van der Waals surface area contributed by atoms with Crippen molar-refractivity contribution in [1.82, 2.24) is 26.0 Å². The fourth-order valence-electron chi connectivity index (χ4n) is 5.11. The number of carbonyl (C=O) groups is 2. The molecule has 1 aliphatic carbocycles. The summed E-state index contributed by atoms with van der Waals surface area (Å²) in [6.07, 6.45) is 6.63. The lowest BCUT2D eigenvalue weighted by Gasteiger charge is -2.35. The highest BCUT2D eigenvalue weighted by Crippen LogP contribution is 2.20. The van der Waals surface area contributed by atoms with Crippen LogP contribution in [0.25, 0.3) is 0 Å². The highest BCUT2D eigenvalue weighted by Gasteiger charge is 2.23. The van der Waals surface area contributed by atoms with Gasteiger partial charge in [-0.05, 0) is 42.5 Å². The van der Waals surface area contributed by atoms with E-state index in [9.17, 15) is 18.0 Å². The topological polar surface area (TPSA) is 111 Å². The lowest BCUT2D eigenvalue weighted by Crippen LogP contribution is -2.54. The molecular formula is C28H39N5O4S. The van der Waals surface area contributed by atoms with Crippen molar-refractivity contribution in [2.24, 2.45) is 0 Å². The van der Waals surface area contributed by atoms with Crippen molar-refractivity contribution < 1.29 is 18.0 Å². The molecule has 0 bridgehead atoms. The standard InChI is InChI=1S/C28H39N5O4S/c1-38(36,37)25-13-11-22(12-14-25)21-27(34)31-33-19-17-32(18-20-33)16-15-26(23-7-3-2-4-8-23)30-28(35)29-24-9-5-6-10-24/h2-4,7-8,11-14,24,26H,5-6,9-10,15-21H2,1H3,(H,31,34)(H2,29,30,35)/t26-/m0/s1. The third-order valence-corrected chi connectivity index (χ3v) is 8.43. The summed E-state index contributed by atoms with van der Waals surface area (Å²) >= 11 is 0. The number of hydrogen-bond donors (Lipinski definition) is 3. The number of amides is 3. The normalized spacial score (nSPS) is 18.1. The Labute approximate surface area is 225 Å². The van der Waals surface area contributed by atoms with Crippen LogP contribution in [0.4, 0.5) is 4.79 Å². The molecule has 206 valence electrons. The molecule has 4 rings (SSSR count). The quantitative estimate of drug-likeness (QED) is 0.427. The van der Waals surface area contributed by atoms with Gasteiger partial charge in [0, 0.05) is 45.0 Å². The minimum atomic E-state index is -3.25. The fourth-order valence-corrected chi connectivity index (χ4v) is 5.74. The molecule has 1 atom stereocenters. The largest absolute Gasteiger partial charge is 0.335 e. The van der Waals surface area contributed by atoms with E-state index in [1.807, 2.05) is 23.2 Å². The van der Waals surface area contributed by atoms with Crippen molar-refractivity contribution in [2.45, 2.75) is 55.5 Å². The van der Waals surface area contributed by atoms with Gasteiger partial charge >= 0.3 is 6.03 Å². The molecule has 1 saturated carbocycles. The number of urea groups is 1. The van der Waals surface area contributed by atoms with Gasteiger partial charge in [0.1, 0.15) is 0 Å². The SMILES string of the molecule is CS(=O)(=O)c1ccc(CC(=O)NN2CCN(CC[C@H](NC(=O)NC3CCCC3)c3ccccc3)CC2)cc1. The molecule has 3 amide bonds. The predicted octanol–water partition coefficient (Wildman–Crippen LogP) is 2.65. The molecule has 9 nitrogen and oxygen atoms in total. The Morgan fingerprint density at radius 1 is 0.947 bits per heavy atom. The van der Waals surface area contributed by atoms with Gasteiger partial charge in [-0.2, -0.15) is 0 Å². The van der Waals surface area contributed by atoms with Crippen LogP contribution in [0.5, 0.6) is 0 Å². The van der Waals surface area contributed by atoms with Crippen molar-refractivity contribution in [3.05, 3.63) is 65.7 Å². The van der Waals surface area contributed by atoms with E-state index in [1.54, 1.807) is 12.1 Å². The zero-order valence-electron chi connectivity index (χ0n) is 22.1. The van der Waals surface area contributed by atoms with Crippen LogP contribution in [0, 0.1) is 0 Å². The van der Waals surface area contributed by atoms with Crippen LogP contribution in [0.2, 0.25) is 0 Å². The fraction of sp³-hybridized carbons (Fsp3) is 0.500. The molecule has 0 radical (unpaired) electrons. The minimum Gasteiger partial charge on any atom is -0.335 e. The molecule has 1 heterocycles. The van der Waals surface area contributed by atoms with Gasteiger partial charge in [-0.3, -0.25) is 10.2 Å². The van der Waals surface area contributed by atoms with Crippen molar-refractivity contribution >= 4 is 21.8 Å². The molecule has 0 unspecified atom stereocenters. The number of nitrogens with one attached hydrogen (secondary N) is 3. The van der Waals surface area contributed by atoms with E-state index in [1.165, 1.54) is 31.2 Å². The number of piperazine rings is 1. The van der Waals surface area contributed by atoms with Crippen LogP contribution >= 0.6 is 0 Å². The van der Waals surface area contributed by atoms with E-state index >= 15 is 0 Å². The third kappa shape index (κ3) is 8.54. The summed E-state index contributed by atoms with van der Waals surface area (Å²) in [6, 6.07) is 16.6. The second-order valence-corrected chi connectivity index (χ2v) is 12.3. The second-order valence-electron chi connectivity index (χ2n) is 10.3. The Kier molecular flexibility index (Phi) is 9.76. The predicted molar refractivity (Wildman–Crippen MR) is 147 cm³/mol. The summed E-state index contributed by atoms with van der Waals surface area (Å²) in [4.78, 5) is 27.8. The Morgan fingerprint density at radius 3 is 2.24 bits per heavy atom. The maximum atomic E-state index is 12.7. The monoisotopic (exact) mass is 541 g/mol. The molecule has 2 fully saturated rings. The molecule has 38 heavy (non-hydrogen) atoms. The van der Waals surface area contributed by atoms with Crippen molar-refractivity contribution in [3.8, 4) is 0 Å². The molecule has 0 aromatic heterocycles. The van der Waals surface area contributed by atoms with Gasteiger partial charge in [0.15, 0.2) is 9.84 Å². The van der Waals surface area contributed by atoms with Gasteiger partial charge in [-0.25, -0.2) is 18.2 Å². The number of nitrogens with zero attached hydrogens (tertiary/aromatic N) is 2. The summed E-state index contributed by atoms with van der Waals surface area (Å²) in [7, 11) is -3.25. The van der Waals surface area contributed by atoms with Gasteiger partial charge in [-0.15, -0.1) is 0 Å². The Morgan fingerprint density at radius 2 is 1.61 bits per heavy atom. The van der Waals surface area contributed by atoms with Crippen LogP contribution in [-0.4, -0.2) is 75.3 Å². The van der Waals surface area contributed by atoms with Crippen LogP contribution in [-0.2, 0) is 21.1 Å². The van der Waals surface area contributed by atoms with Gasteiger partial charge < -0.3 is 15.5 Å². The van der Waals surface area contributed by atoms with Crippen LogP contribution < -0.4 is 16.1 Å². The highest BCUT2D eigenvalue weighted by molar-refractivity contribution is 7.90. The molecule has 3 N–H and O–H groups in total. The van der Waals surface area contributed by atoms with Crippen molar-refractivity contribution in [2.75, 3.05) is 39.0 Å². The average Bonchev–Trinajstić information content (AvgIpc) is 3.40. The number of rotatable bonds is 10. The Balaban J connectivity index is 1.21. The third-order valence-electron chi connectivity index (χ3n) is 7.30. The summed E-state index contributed by atoms with van der Waals surface area (Å²) in [5, 5.41) is 8.26. The summed E-state index contributed by atoms with van der Waals surface area (Å²) in [5.41, 5.74) is 4.84. The van der Waals surface area contributed by atoms with Crippen LogP contribution in [0.3, 0.4) is 0 Å². The van der Waals surface area contributed by atoms with Crippen LogP contribution in [0.1, 0.15) is 49.3 Å². The van der Waals surface area contributed by atoms with E-state index in [-0.39, 0.29) is 35.3 Å². The van der Waals surface area contributed by atoms with Gasteiger partial charge in [0.25, 0.3) is 0 Å². The summed E-state index contributed by atoms with van der Waals surface area (Å²) in [6.45, 7) is 3.91. The first-order valence-electron chi connectivity index (χ1n) is 13.4. The lowest BCUT2D eigenvalue weighted by atomic mass is 10.0. The van der Waals surface area contributed by atoms with E-state index in [4.69, 9.17) is 0 Å². The van der Waals surface area contributed by atoms with Gasteiger partial charge in [0.2, 0.25) is 5.91 Å². The molecule has 10 heteroatoms. The zero-order valence-corrected chi connectivity index (χ0v) is 22.9. The first-order chi connectivity index (χ1) is 18.3. The number of hydrazine groups is 1. The van der Waals surface area contributed by atoms with Gasteiger partial charge in [0.05, 0.1) is 17.4 Å². The number of carbonyl (C=O) groups excluding carboxylic acids is 2. The second kappa shape index (κ2) is 13.2. The molecule has 1 aliphatic heterocycles. The molecule has 2 aromatic rings. The smallest absolute Gasteiger partial charge is 0.315 e. The minimum absolute atomic E-state index is 0.0654. The Hall–Kier alpha value is -2.95. The lowest BCUT2D eigenvalue weighted by molar-refractivity contribution is -0.126. The summed E-state index contributed by atoms with van der Waals surface area (Å²) in [5.74, 6) is -0.118. The number of sulfone groups is 1. The van der Waals surface area contributed by atoms with Crippen LogP contribution in [0.15, 0.2) is 59.5 Å². The van der Waals surface area contributed by atoms with E-state index in [0.717, 1.165) is 50.0 Å². The molecule has 2 aromatic carbocycles. The first-order valence-corrected chi connectivity index (χ1v) is 15.3. The molecule has 1 saturated heterocycles. The summed E-state index contributed by atoms with van der Waals surface area (Å²) < 4.78 is 23.2. The number of benzene rings is 2. The van der Waals surface area contributed by atoms with E-state index in [0.29, 0.717) is 13.1 Å². The number of hydrogen-bond acceptors (Lipinski definition) is 6. The molecule has 0 spiro atoms. The van der Waals surface area contributed by atoms with E-state index < -0.39 is 9.84 Å². The Bertz CT molecular complexity index is 1160. The first kappa shape index (κ1) is 28.1. The maximum absolute atomic E-state index is 12.7. The maximum Gasteiger partial charge on any atom is 0.315 e. The van der Waals surface area contributed by atoms with Crippen molar-refractivity contribution in [3.63, 3.8) is 0 Å². The highest BCUT2D eigenvalue weighted by atomic mass is 32.2. The average molecular weight is 542 g/mol. The molecule has 2 aliphatic rings.